The summed E-state index contributed by atoms with van der Waals surface area (Å²) in [5, 5.41) is 12.8. The highest BCUT2D eigenvalue weighted by Gasteiger charge is 2.11. The Morgan fingerprint density at radius 2 is 2.21 bits per heavy atom. The fraction of sp³-hybridized carbons (Fsp3) is 0.286. The lowest BCUT2D eigenvalue weighted by Gasteiger charge is -2.12. The van der Waals surface area contributed by atoms with E-state index in [0.717, 1.165) is 12.4 Å². The molecule has 0 spiro atoms. The molecule has 0 aliphatic heterocycles. The topological polar surface area (TPSA) is 58.5 Å². The van der Waals surface area contributed by atoms with Crippen LogP contribution < -0.4 is 5.32 Å². The quantitative estimate of drug-likeness (QED) is 0.751. The fourth-order valence-corrected chi connectivity index (χ4v) is 2.32. The smallest absolute Gasteiger partial charge is 0.149 e. The molecule has 0 amide bonds. The molecule has 98 valence electrons. The minimum Gasteiger partial charge on any atom is -0.361 e. The van der Waals surface area contributed by atoms with E-state index in [2.05, 4.69) is 51.8 Å². The monoisotopic (exact) mass is 255 g/mol. The van der Waals surface area contributed by atoms with Crippen LogP contribution in [-0.4, -0.2) is 19.7 Å². The van der Waals surface area contributed by atoms with Gasteiger partial charge in [0.2, 0.25) is 0 Å². The van der Waals surface area contributed by atoms with Crippen molar-refractivity contribution in [1.82, 2.24) is 25.1 Å². The van der Waals surface area contributed by atoms with Crippen LogP contribution >= 0.6 is 0 Å². The van der Waals surface area contributed by atoms with Gasteiger partial charge in [-0.1, -0.05) is 18.2 Å². The minimum absolute atomic E-state index is 0.168. The highest BCUT2D eigenvalue weighted by Crippen LogP contribution is 2.18. The number of aromatic nitrogens is 4. The van der Waals surface area contributed by atoms with Gasteiger partial charge in [0.05, 0.1) is 6.04 Å². The molecule has 1 atom stereocenters. The summed E-state index contributed by atoms with van der Waals surface area (Å²) in [6.45, 7) is 2.90. The van der Waals surface area contributed by atoms with Gasteiger partial charge in [-0.3, -0.25) is 0 Å². The van der Waals surface area contributed by atoms with Crippen LogP contribution in [0.15, 0.2) is 36.8 Å². The van der Waals surface area contributed by atoms with Gasteiger partial charge in [0, 0.05) is 30.7 Å². The molecule has 5 nitrogen and oxygen atoms in total. The zero-order valence-corrected chi connectivity index (χ0v) is 11.1. The molecule has 0 fully saturated rings. The number of para-hydroxylation sites is 1. The molecule has 0 saturated carbocycles. The first-order valence-electron chi connectivity index (χ1n) is 6.38. The standard InChI is InChI=1S/C14H17N5/c1-10(14-18-17-9-19(14)2)15-7-11-8-16-13-6-4-3-5-12(11)13/h3-6,8-10,15-16H,7H2,1-2H3. The number of rotatable bonds is 4. The van der Waals surface area contributed by atoms with E-state index < -0.39 is 0 Å². The summed E-state index contributed by atoms with van der Waals surface area (Å²) in [6.07, 6.45) is 3.78. The molecule has 0 aliphatic rings. The summed E-state index contributed by atoms with van der Waals surface area (Å²) in [5.41, 5.74) is 2.44. The number of hydrogen-bond donors (Lipinski definition) is 2. The Morgan fingerprint density at radius 1 is 1.37 bits per heavy atom. The summed E-state index contributed by atoms with van der Waals surface area (Å²) >= 11 is 0. The maximum Gasteiger partial charge on any atom is 0.149 e. The molecule has 5 heteroatoms. The minimum atomic E-state index is 0.168. The molecule has 1 aromatic carbocycles. The van der Waals surface area contributed by atoms with E-state index in [4.69, 9.17) is 0 Å². The molecule has 2 N–H and O–H groups in total. The van der Waals surface area contributed by atoms with Crippen LogP contribution in [0.3, 0.4) is 0 Å². The SMILES string of the molecule is CC(NCc1c[nH]c2ccccc12)c1nncn1C. The van der Waals surface area contributed by atoms with Gasteiger partial charge in [-0.15, -0.1) is 10.2 Å². The maximum absolute atomic E-state index is 4.12. The Kier molecular flexibility index (Phi) is 3.05. The second-order valence-electron chi connectivity index (χ2n) is 4.76. The van der Waals surface area contributed by atoms with Gasteiger partial charge in [-0.2, -0.15) is 0 Å². The van der Waals surface area contributed by atoms with Crippen LogP contribution in [0.4, 0.5) is 0 Å². The van der Waals surface area contributed by atoms with Crippen molar-refractivity contribution in [1.29, 1.82) is 0 Å². The number of fused-ring (bicyclic) bond motifs is 1. The van der Waals surface area contributed by atoms with Crippen molar-refractivity contribution < 1.29 is 0 Å². The first kappa shape index (κ1) is 11.9. The van der Waals surface area contributed by atoms with E-state index in [1.54, 1.807) is 6.33 Å². The molecule has 3 aromatic rings. The van der Waals surface area contributed by atoms with Crippen LogP contribution in [0.5, 0.6) is 0 Å². The van der Waals surface area contributed by atoms with Crippen molar-refractivity contribution in [3.8, 4) is 0 Å². The molecule has 0 radical (unpaired) electrons. The number of nitrogens with zero attached hydrogens (tertiary/aromatic N) is 3. The van der Waals surface area contributed by atoms with Crippen molar-refractivity contribution in [2.24, 2.45) is 7.05 Å². The lowest BCUT2D eigenvalue weighted by atomic mass is 10.1. The van der Waals surface area contributed by atoms with E-state index >= 15 is 0 Å². The largest absolute Gasteiger partial charge is 0.361 e. The van der Waals surface area contributed by atoms with Gasteiger partial charge in [0.25, 0.3) is 0 Å². The Labute approximate surface area is 111 Å². The molecule has 0 aliphatic carbocycles. The summed E-state index contributed by atoms with van der Waals surface area (Å²) < 4.78 is 1.94. The van der Waals surface area contributed by atoms with Gasteiger partial charge in [0.15, 0.2) is 0 Å². The second-order valence-corrected chi connectivity index (χ2v) is 4.76. The van der Waals surface area contributed by atoms with Crippen LogP contribution in [0.2, 0.25) is 0 Å². The highest BCUT2D eigenvalue weighted by molar-refractivity contribution is 5.82. The number of aryl methyl sites for hydroxylation is 1. The molecule has 1 unspecified atom stereocenters. The average Bonchev–Trinajstić information content (AvgIpc) is 3.02. The third-order valence-electron chi connectivity index (χ3n) is 3.41. The normalized spacial score (nSPS) is 12.9. The van der Waals surface area contributed by atoms with Crippen molar-refractivity contribution in [3.05, 3.63) is 48.2 Å². The maximum atomic E-state index is 4.12. The first-order chi connectivity index (χ1) is 9.25. The van der Waals surface area contributed by atoms with E-state index in [0.29, 0.717) is 0 Å². The molecule has 2 heterocycles. The van der Waals surface area contributed by atoms with Gasteiger partial charge in [-0.25, -0.2) is 0 Å². The van der Waals surface area contributed by atoms with Crippen LogP contribution in [0.1, 0.15) is 24.4 Å². The predicted molar refractivity (Wildman–Crippen MR) is 74.6 cm³/mol. The first-order valence-corrected chi connectivity index (χ1v) is 6.38. The Bertz CT molecular complexity index is 682. The van der Waals surface area contributed by atoms with Gasteiger partial charge in [-0.05, 0) is 18.6 Å². The number of H-pyrrole nitrogens is 1. The highest BCUT2D eigenvalue weighted by atomic mass is 15.3. The molecule has 0 bridgehead atoms. The molecular formula is C14H17N5. The number of hydrogen-bond acceptors (Lipinski definition) is 3. The van der Waals surface area contributed by atoms with Gasteiger partial charge in [0.1, 0.15) is 12.2 Å². The van der Waals surface area contributed by atoms with Crippen LogP contribution in [-0.2, 0) is 13.6 Å². The fourth-order valence-electron chi connectivity index (χ4n) is 2.32. The summed E-state index contributed by atoms with van der Waals surface area (Å²) in [5.74, 6) is 0.944. The molecular weight excluding hydrogens is 238 g/mol. The third kappa shape index (κ3) is 2.24. The van der Waals surface area contributed by atoms with Crippen molar-refractivity contribution in [2.75, 3.05) is 0 Å². The zero-order valence-electron chi connectivity index (χ0n) is 11.1. The van der Waals surface area contributed by atoms with Gasteiger partial charge >= 0.3 is 0 Å². The summed E-state index contributed by atoms with van der Waals surface area (Å²) in [6, 6.07) is 8.49. The molecule has 0 saturated heterocycles. The Balaban J connectivity index is 1.74. The lowest BCUT2D eigenvalue weighted by molar-refractivity contribution is 0.529. The number of nitrogens with one attached hydrogen (secondary N) is 2. The van der Waals surface area contributed by atoms with E-state index in [1.165, 1.54) is 16.5 Å². The van der Waals surface area contributed by atoms with Crippen LogP contribution in [0, 0.1) is 0 Å². The predicted octanol–water partition coefficient (Wildman–Crippen LogP) is 2.15. The zero-order chi connectivity index (χ0) is 13.2. The molecule has 3 rings (SSSR count). The second kappa shape index (κ2) is 4.85. The van der Waals surface area contributed by atoms with E-state index in [-0.39, 0.29) is 6.04 Å². The van der Waals surface area contributed by atoms with Crippen LogP contribution in [0.25, 0.3) is 10.9 Å². The Hall–Kier alpha value is -2.14. The van der Waals surface area contributed by atoms with E-state index in [9.17, 15) is 0 Å². The summed E-state index contributed by atoms with van der Waals surface area (Å²) in [7, 11) is 1.96. The molecule has 19 heavy (non-hydrogen) atoms. The van der Waals surface area contributed by atoms with Crippen molar-refractivity contribution in [3.63, 3.8) is 0 Å². The number of benzene rings is 1. The molecule has 2 aromatic heterocycles. The van der Waals surface area contributed by atoms with Crippen molar-refractivity contribution in [2.45, 2.75) is 19.5 Å². The van der Waals surface area contributed by atoms with Crippen molar-refractivity contribution >= 4 is 10.9 Å². The average molecular weight is 255 g/mol. The Morgan fingerprint density at radius 3 is 3.00 bits per heavy atom. The lowest BCUT2D eigenvalue weighted by Crippen LogP contribution is -2.20. The number of aromatic amines is 1. The third-order valence-corrected chi connectivity index (χ3v) is 3.41. The van der Waals surface area contributed by atoms with E-state index in [1.807, 2.05) is 17.7 Å². The van der Waals surface area contributed by atoms with Gasteiger partial charge < -0.3 is 14.9 Å². The summed E-state index contributed by atoms with van der Waals surface area (Å²) in [4.78, 5) is 3.28.